The van der Waals surface area contributed by atoms with Crippen molar-refractivity contribution in [3.8, 4) is 11.4 Å². The molecule has 1 aromatic carbocycles. The topological polar surface area (TPSA) is 76.3 Å². The molecule has 0 bridgehead atoms. The van der Waals surface area contributed by atoms with Crippen molar-refractivity contribution in [2.45, 2.75) is 30.5 Å². The maximum atomic E-state index is 12.4. The molecule has 3 aromatic rings. The second-order valence-electron chi connectivity index (χ2n) is 5.98. The van der Waals surface area contributed by atoms with E-state index in [0.717, 1.165) is 5.56 Å². The predicted molar refractivity (Wildman–Crippen MR) is 96.8 cm³/mol. The van der Waals surface area contributed by atoms with Crippen LogP contribution in [0.15, 0.2) is 50.5 Å². The van der Waals surface area contributed by atoms with Crippen LogP contribution in [-0.4, -0.2) is 29.9 Å². The first kappa shape index (κ1) is 17.8. The molecule has 2 aromatic heterocycles. The van der Waals surface area contributed by atoms with Crippen molar-refractivity contribution in [3.63, 3.8) is 0 Å². The normalized spacial score (nSPS) is 12.2. The van der Waals surface area contributed by atoms with E-state index in [1.54, 1.807) is 17.5 Å². The average molecular weight is 377 g/mol. The number of rotatable bonds is 6. The van der Waals surface area contributed by atoms with Gasteiger partial charge in [-0.3, -0.25) is 0 Å². The number of thiophene rings is 1. The first-order valence-electron chi connectivity index (χ1n) is 7.80. The van der Waals surface area contributed by atoms with Crippen LogP contribution in [0.25, 0.3) is 11.4 Å². The minimum absolute atomic E-state index is 0.0251. The Bertz CT molecular complexity index is 930. The standard InChI is InChI=1S/C17H19N3O3S2/c1-12(2)13-6-8-14(9-7-13)17-18-15(23-19-17)11-20(3)25(21,22)16-5-4-10-24-16/h4-10,12H,11H2,1-3H3. The van der Waals surface area contributed by atoms with Gasteiger partial charge in [-0.15, -0.1) is 11.3 Å². The van der Waals surface area contributed by atoms with Crippen LogP contribution in [0.4, 0.5) is 0 Å². The lowest BCUT2D eigenvalue weighted by Crippen LogP contribution is -2.25. The van der Waals surface area contributed by atoms with Gasteiger partial charge in [-0.25, -0.2) is 8.42 Å². The molecule has 0 saturated carbocycles. The largest absolute Gasteiger partial charge is 0.338 e. The maximum Gasteiger partial charge on any atom is 0.252 e. The minimum atomic E-state index is -3.54. The molecule has 0 atom stereocenters. The number of hydrogen-bond acceptors (Lipinski definition) is 6. The van der Waals surface area contributed by atoms with Crippen molar-refractivity contribution in [2.24, 2.45) is 0 Å². The van der Waals surface area contributed by atoms with Crippen LogP contribution >= 0.6 is 11.3 Å². The quantitative estimate of drug-likeness (QED) is 0.654. The molecule has 0 unspecified atom stereocenters. The van der Waals surface area contributed by atoms with E-state index in [4.69, 9.17) is 4.52 Å². The molecule has 3 rings (SSSR count). The highest BCUT2D eigenvalue weighted by molar-refractivity contribution is 7.91. The Hall–Kier alpha value is -2.03. The van der Waals surface area contributed by atoms with Crippen LogP contribution in [-0.2, 0) is 16.6 Å². The lowest BCUT2D eigenvalue weighted by molar-refractivity contribution is 0.337. The lowest BCUT2D eigenvalue weighted by Gasteiger charge is -2.13. The van der Waals surface area contributed by atoms with Crippen molar-refractivity contribution in [3.05, 3.63) is 53.2 Å². The van der Waals surface area contributed by atoms with E-state index < -0.39 is 10.0 Å². The van der Waals surface area contributed by atoms with Gasteiger partial charge < -0.3 is 4.52 Å². The second kappa shape index (κ2) is 7.07. The van der Waals surface area contributed by atoms with Gasteiger partial charge >= 0.3 is 0 Å². The molecule has 0 radical (unpaired) electrons. The summed E-state index contributed by atoms with van der Waals surface area (Å²) in [6, 6.07) is 11.2. The second-order valence-corrected chi connectivity index (χ2v) is 9.20. The summed E-state index contributed by atoms with van der Waals surface area (Å²) < 4.78 is 31.6. The van der Waals surface area contributed by atoms with Crippen molar-refractivity contribution in [1.82, 2.24) is 14.4 Å². The molecular formula is C17H19N3O3S2. The third-order valence-electron chi connectivity index (χ3n) is 3.82. The number of benzene rings is 1. The van der Waals surface area contributed by atoms with E-state index >= 15 is 0 Å². The van der Waals surface area contributed by atoms with Gasteiger partial charge in [0.1, 0.15) is 4.21 Å². The number of hydrogen-bond donors (Lipinski definition) is 0. The molecule has 0 fully saturated rings. The molecule has 132 valence electrons. The van der Waals surface area contributed by atoms with Gasteiger partial charge in [0.05, 0.1) is 6.54 Å². The van der Waals surface area contributed by atoms with Gasteiger partial charge in [0.2, 0.25) is 11.7 Å². The molecule has 0 aliphatic heterocycles. The van der Waals surface area contributed by atoms with E-state index in [-0.39, 0.29) is 12.4 Å². The number of nitrogens with zero attached hydrogens (tertiary/aromatic N) is 3. The van der Waals surface area contributed by atoms with Gasteiger partial charge in [0, 0.05) is 12.6 Å². The molecule has 0 saturated heterocycles. The third-order valence-corrected chi connectivity index (χ3v) is 7.00. The van der Waals surface area contributed by atoms with Crippen molar-refractivity contribution in [1.29, 1.82) is 0 Å². The van der Waals surface area contributed by atoms with Crippen LogP contribution < -0.4 is 0 Å². The minimum Gasteiger partial charge on any atom is -0.338 e. The summed E-state index contributed by atoms with van der Waals surface area (Å²) in [7, 11) is -2.04. The molecule has 6 nitrogen and oxygen atoms in total. The summed E-state index contributed by atoms with van der Waals surface area (Å²) in [6.45, 7) is 4.29. The third kappa shape index (κ3) is 3.81. The highest BCUT2D eigenvalue weighted by atomic mass is 32.2. The molecule has 8 heteroatoms. The molecule has 0 spiro atoms. The summed E-state index contributed by atoms with van der Waals surface area (Å²) in [5.74, 6) is 1.16. The first-order chi connectivity index (χ1) is 11.9. The lowest BCUT2D eigenvalue weighted by atomic mass is 10.0. The summed E-state index contributed by atoms with van der Waals surface area (Å²) in [6.07, 6.45) is 0. The van der Waals surface area contributed by atoms with Crippen LogP contribution in [0.3, 0.4) is 0 Å². The Morgan fingerprint density at radius 1 is 1.20 bits per heavy atom. The van der Waals surface area contributed by atoms with Gasteiger partial charge in [0.15, 0.2) is 0 Å². The van der Waals surface area contributed by atoms with Crippen molar-refractivity contribution >= 4 is 21.4 Å². The Kier molecular flexibility index (Phi) is 5.03. The van der Waals surface area contributed by atoms with Crippen LogP contribution in [0, 0.1) is 0 Å². The zero-order chi connectivity index (χ0) is 18.0. The van der Waals surface area contributed by atoms with Gasteiger partial charge in [-0.2, -0.15) is 9.29 Å². The van der Waals surface area contributed by atoms with Crippen molar-refractivity contribution < 1.29 is 12.9 Å². The average Bonchev–Trinajstić information content (AvgIpc) is 3.27. The summed E-state index contributed by atoms with van der Waals surface area (Å²) in [5, 5.41) is 5.68. The van der Waals surface area contributed by atoms with E-state index in [0.29, 0.717) is 16.0 Å². The number of aromatic nitrogens is 2. The van der Waals surface area contributed by atoms with Crippen LogP contribution in [0.5, 0.6) is 0 Å². The molecule has 0 aliphatic rings. The highest BCUT2D eigenvalue weighted by Gasteiger charge is 2.24. The van der Waals surface area contributed by atoms with Gasteiger partial charge in [-0.1, -0.05) is 49.3 Å². The SMILES string of the molecule is CC(C)c1ccc(-c2noc(CN(C)S(=O)(=O)c3cccs3)n2)cc1. The van der Waals surface area contributed by atoms with Crippen LogP contribution in [0.1, 0.15) is 31.2 Å². The summed E-state index contributed by atoms with van der Waals surface area (Å²) in [4.78, 5) is 4.31. The molecule has 2 heterocycles. The maximum absolute atomic E-state index is 12.4. The smallest absolute Gasteiger partial charge is 0.252 e. The predicted octanol–water partition coefficient (Wildman–Crippen LogP) is 3.74. The fourth-order valence-electron chi connectivity index (χ4n) is 2.29. The molecule has 0 N–H and O–H groups in total. The Balaban J connectivity index is 1.75. The molecule has 0 amide bonds. The summed E-state index contributed by atoms with van der Waals surface area (Å²) in [5.41, 5.74) is 2.07. The Morgan fingerprint density at radius 2 is 1.92 bits per heavy atom. The Labute approximate surface area is 151 Å². The Morgan fingerprint density at radius 3 is 2.52 bits per heavy atom. The molecular weight excluding hydrogens is 358 g/mol. The van der Waals surface area contributed by atoms with E-state index in [9.17, 15) is 8.42 Å². The summed E-state index contributed by atoms with van der Waals surface area (Å²) >= 11 is 1.18. The zero-order valence-corrected chi connectivity index (χ0v) is 15.8. The monoisotopic (exact) mass is 377 g/mol. The fourth-order valence-corrected chi connectivity index (χ4v) is 4.61. The van der Waals surface area contributed by atoms with Crippen molar-refractivity contribution in [2.75, 3.05) is 7.05 Å². The fraction of sp³-hybridized carbons (Fsp3) is 0.294. The van der Waals surface area contributed by atoms with E-state index in [1.807, 2.05) is 24.3 Å². The van der Waals surface area contributed by atoms with Gasteiger partial charge in [-0.05, 0) is 22.9 Å². The zero-order valence-electron chi connectivity index (χ0n) is 14.2. The first-order valence-corrected chi connectivity index (χ1v) is 10.1. The van der Waals surface area contributed by atoms with Gasteiger partial charge in [0.25, 0.3) is 10.0 Å². The molecule has 0 aliphatic carbocycles. The number of sulfonamides is 1. The highest BCUT2D eigenvalue weighted by Crippen LogP contribution is 2.23. The van der Waals surface area contributed by atoms with Crippen LogP contribution in [0.2, 0.25) is 0 Å². The van der Waals surface area contributed by atoms with E-state index in [2.05, 4.69) is 24.0 Å². The van der Waals surface area contributed by atoms with E-state index in [1.165, 1.54) is 28.3 Å². The molecule has 25 heavy (non-hydrogen) atoms.